The molecule has 256 valence electrons. The summed E-state index contributed by atoms with van der Waals surface area (Å²) >= 11 is 0. The Hall–Kier alpha value is -4.65. The Bertz CT molecular complexity index is 1170. The summed E-state index contributed by atoms with van der Waals surface area (Å²) in [5.41, 5.74) is 11.8. The van der Waals surface area contributed by atoms with E-state index in [0.29, 0.717) is 43.9 Å². The standard InChI is InChI=1S/C25H41N5O5.C7H8O.CH3NO/c1-16(2)7-12-22(32)27-15-23(33)30-21(6-5-13-26)25(35)29-18(4)24(34)28-17(3)14-19-8-10-20(31)11-9-19;1-6-2-4-7(8)5-3-6;2-1-3/h8-11,16-18,21,31H,5-7,12-15,26H2,1-4H3,(H,27,32)(H,28,34)(H,29,35)(H,30,33);2-5,8H,1H3;1H,(H2,2,3)/t17?,18-,21?;;/m0../s1. The number of benzene rings is 2. The molecule has 3 atom stereocenters. The van der Waals surface area contributed by atoms with Crippen LogP contribution in [0, 0.1) is 12.8 Å². The number of carbonyl (C=O) groups excluding carboxylic acids is 5. The zero-order valence-corrected chi connectivity index (χ0v) is 27.5. The van der Waals surface area contributed by atoms with Crippen LogP contribution in [0.1, 0.15) is 64.5 Å². The fraction of sp³-hybridized carbons (Fsp3) is 0.485. The predicted octanol–water partition coefficient (Wildman–Crippen LogP) is 1.52. The highest BCUT2D eigenvalue weighted by Gasteiger charge is 2.25. The molecule has 0 aliphatic carbocycles. The second-order valence-electron chi connectivity index (χ2n) is 11.2. The number of aromatic hydroxyl groups is 2. The molecule has 2 aromatic carbocycles. The Morgan fingerprint density at radius 3 is 1.85 bits per heavy atom. The van der Waals surface area contributed by atoms with Crippen molar-refractivity contribution in [3.8, 4) is 11.5 Å². The first-order valence-electron chi connectivity index (χ1n) is 15.3. The Morgan fingerprint density at radius 1 is 0.804 bits per heavy atom. The molecule has 0 saturated carbocycles. The summed E-state index contributed by atoms with van der Waals surface area (Å²) in [4.78, 5) is 58.0. The molecule has 0 heterocycles. The smallest absolute Gasteiger partial charge is 0.243 e. The molecule has 13 heteroatoms. The molecule has 0 fully saturated rings. The fourth-order valence-electron chi connectivity index (χ4n) is 3.85. The maximum absolute atomic E-state index is 12.8. The third kappa shape index (κ3) is 20.3. The summed E-state index contributed by atoms with van der Waals surface area (Å²) in [7, 11) is 0. The van der Waals surface area contributed by atoms with E-state index in [0.717, 1.165) is 12.0 Å². The maximum Gasteiger partial charge on any atom is 0.243 e. The number of nitrogens with one attached hydrogen (secondary N) is 4. The molecule has 13 nitrogen and oxygen atoms in total. The molecule has 2 unspecified atom stereocenters. The van der Waals surface area contributed by atoms with Crippen LogP contribution in [0.15, 0.2) is 48.5 Å². The summed E-state index contributed by atoms with van der Waals surface area (Å²) in [5.74, 6) is -0.669. The van der Waals surface area contributed by atoms with E-state index in [2.05, 4.69) is 27.0 Å². The average molecular weight is 645 g/mol. The lowest BCUT2D eigenvalue weighted by Crippen LogP contribution is -2.54. The lowest BCUT2D eigenvalue weighted by Gasteiger charge is -2.22. The van der Waals surface area contributed by atoms with Gasteiger partial charge in [-0.2, -0.15) is 0 Å². The van der Waals surface area contributed by atoms with Gasteiger partial charge in [0.2, 0.25) is 30.0 Å². The van der Waals surface area contributed by atoms with E-state index >= 15 is 0 Å². The monoisotopic (exact) mass is 644 g/mol. The van der Waals surface area contributed by atoms with Crippen LogP contribution in [0.3, 0.4) is 0 Å². The highest BCUT2D eigenvalue weighted by Crippen LogP contribution is 2.11. The number of hydrogen-bond acceptors (Lipinski definition) is 8. The Kier molecular flexibility index (Phi) is 21.3. The third-order valence-corrected chi connectivity index (χ3v) is 6.40. The van der Waals surface area contributed by atoms with Gasteiger partial charge in [-0.05, 0) is 88.7 Å². The van der Waals surface area contributed by atoms with Crippen LogP contribution in [0.25, 0.3) is 0 Å². The van der Waals surface area contributed by atoms with E-state index in [1.54, 1.807) is 43.3 Å². The second kappa shape index (κ2) is 23.7. The van der Waals surface area contributed by atoms with Gasteiger partial charge in [0.15, 0.2) is 0 Å². The van der Waals surface area contributed by atoms with Crippen LogP contribution in [0.4, 0.5) is 0 Å². The minimum atomic E-state index is -0.872. The molecular weight excluding hydrogens is 592 g/mol. The molecule has 10 N–H and O–H groups in total. The van der Waals surface area contributed by atoms with Crippen LogP contribution in [0.2, 0.25) is 0 Å². The molecule has 0 aliphatic rings. The minimum Gasteiger partial charge on any atom is -0.508 e. The average Bonchev–Trinajstić information content (AvgIpc) is 3.00. The number of phenols is 2. The Balaban J connectivity index is 0.00000155. The van der Waals surface area contributed by atoms with Crippen molar-refractivity contribution in [3.63, 3.8) is 0 Å². The van der Waals surface area contributed by atoms with E-state index in [-0.39, 0.29) is 36.6 Å². The summed E-state index contributed by atoms with van der Waals surface area (Å²) in [6.45, 7) is 9.54. The fourth-order valence-corrected chi connectivity index (χ4v) is 3.85. The van der Waals surface area contributed by atoms with Gasteiger partial charge >= 0.3 is 0 Å². The minimum absolute atomic E-state index is 0.173. The number of amides is 5. The molecule has 5 amide bonds. The van der Waals surface area contributed by atoms with Gasteiger partial charge in [0.25, 0.3) is 0 Å². The van der Waals surface area contributed by atoms with E-state index in [4.69, 9.17) is 15.6 Å². The van der Waals surface area contributed by atoms with Crippen molar-refractivity contribution in [1.29, 1.82) is 0 Å². The SMILES string of the molecule is CC(C)CCC(=O)NCC(=O)NC(CCCN)C(=O)N[C@@H](C)C(=O)NC(C)Cc1ccc(O)cc1.Cc1ccc(O)cc1.NC=O. The highest BCUT2D eigenvalue weighted by atomic mass is 16.3. The van der Waals surface area contributed by atoms with Crippen LogP contribution in [-0.4, -0.2) is 71.5 Å². The predicted molar refractivity (Wildman–Crippen MR) is 177 cm³/mol. The van der Waals surface area contributed by atoms with Crippen molar-refractivity contribution in [2.45, 2.75) is 84.8 Å². The maximum atomic E-state index is 12.8. The van der Waals surface area contributed by atoms with Gasteiger partial charge in [0.05, 0.1) is 6.54 Å². The van der Waals surface area contributed by atoms with Gasteiger partial charge in [-0.1, -0.05) is 43.7 Å². The van der Waals surface area contributed by atoms with Crippen molar-refractivity contribution in [1.82, 2.24) is 21.3 Å². The van der Waals surface area contributed by atoms with E-state index < -0.39 is 23.9 Å². The molecule has 2 rings (SSSR count). The first-order chi connectivity index (χ1) is 21.7. The second-order valence-corrected chi connectivity index (χ2v) is 11.2. The van der Waals surface area contributed by atoms with Crippen molar-refractivity contribution in [2.75, 3.05) is 13.1 Å². The number of aryl methyl sites for hydroxylation is 1. The first kappa shape index (κ1) is 41.4. The summed E-state index contributed by atoms with van der Waals surface area (Å²) in [6, 6.07) is 11.9. The Labute approximate surface area is 271 Å². The van der Waals surface area contributed by atoms with E-state index in [1.165, 1.54) is 5.56 Å². The molecule has 0 spiro atoms. The third-order valence-electron chi connectivity index (χ3n) is 6.40. The van der Waals surface area contributed by atoms with Crippen molar-refractivity contribution in [2.24, 2.45) is 17.4 Å². The number of nitrogens with two attached hydrogens (primary N) is 2. The van der Waals surface area contributed by atoms with Crippen molar-refractivity contribution in [3.05, 3.63) is 59.7 Å². The van der Waals surface area contributed by atoms with E-state index in [9.17, 15) is 24.3 Å². The Morgan fingerprint density at radius 2 is 1.35 bits per heavy atom. The summed E-state index contributed by atoms with van der Waals surface area (Å²) in [5, 5.41) is 28.8. The zero-order valence-electron chi connectivity index (χ0n) is 27.5. The molecule has 0 bridgehead atoms. The molecular formula is C33H52N6O7. The summed E-state index contributed by atoms with van der Waals surface area (Å²) < 4.78 is 0. The van der Waals surface area contributed by atoms with E-state index in [1.807, 2.05) is 39.8 Å². The van der Waals surface area contributed by atoms with Gasteiger partial charge in [-0.15, -0.1) is 0 Å². The summed E-state index contributed by atoms with van der Waals surface area (Å²) in [6.07, 6.45) is 2.68. The highest BCUT2D eigenvalue weighted by molar-refractivity contribution is 5.93. The van der Waals surface area contributed by atoms with Gasteiger partial charge in [0.1, 0.15) is 23.6 Å². The van der Waals surface area contributed by atoms with Crippen LogP contribution in [0.5, 0.6) is 11.5 Å². The number of primary amides is 1. The number of phenolic OH excluding ortho intramolecular Hbond substituents is 2. The largest absolute Gasteiger partial charge is 0.508 e. The lowest BCUT2D eigenvalue weighted by molar-refractivity contribution is -0.132. The number of hydrogen-bond donors (Lipinski definition) is 8. The normalized spacial score (nSPS) is 12.1. The van der Waals surface area contributed by atoms with Gasteiger partial charge in [0, 0.05) is 12.5 Å². The first-order valence-corrected chi connectivity index (χ1v) is 15.3. The van der Waals surface area contributed by atoms with Gasteiger partial charge in [-0.25, -0.2) is 0 Å². The van der Waals surface area contributed by atoms with Crippen LogP contribution < -0.4 is 32.7 Å². The van der Waals surface area contributed by atoms with Crippen LogP contribution in [-0.2, 0) is 30.4 Å². The van der Waals surface area contributed by atoms with Crippen LogP contribution >= 0.6 is 0 Å². The zero-order chi connectivity index (χ0) is 35.1. The molecule has 0 aliphatic heterocycles. The van der Waals surface area contributed by atoms with Gasteiger partial charge in [-0.3, -0.25) is 24.0 Å². The molecule has 0 aromatic heterocycles. The quantitative estimate of drug-likeness (QED) is 0.132. The molecule has 2 aromatic rings. The number of rotatable bonds is 15. The lowest BCUT2D eigenvalue weighted by atomic mass is 10.1. The van der Waals surface area contributed by atoms with Crippen molar-refractivity contribution >= 4 is 30.0 Å². The molecule has 0 saturated heterocycles. The molecule has 0 radical (unpaired) electrons. The van der Waals surface area contributed by atoms with Gasteiger partial charge < -0.3 is 42.9 Å². The topological polar surface area (TPSA) is 226 Å². The van der Waals surface area contributed by atoms with Crippen molar-refractivity contribution < 1.29 is 34.2 Å². The number of carbonyl (C=O) groups is 5. The molecule has 46 heavy (non-hydrogen) atoms.